The monoisotopic (exact) mass is 302 g/mol. The van der Waals surface area contributed by atoms with Gasteiger partial charge in [0.05, 0.1) is 13.0 Å². The average Bonchev–Trinajstić information content (AvgIpc) is 2.74. The van der Waals surface area contributed by atoms with E-state index in [9.17, 15) is 9.59 Å². The van der Waals surface area contributed by atoms with Crippen LogP contribution >= 0.6 is 0 Å². The normalized spacial score (nSPS) is 30.8. The maximum atomic E-state index is 12.6. The minimum absolute atomic E-state index is 0.135. The maximum absolute atomic E-state index is 12.6. The molecule has 0 saturated carbocycles. The van der Waals surface area contributed by atoms with E-state index in [4.69, 9.17) is 4.74 Å². The molecule has 2 heterocycles. The lowest BCUT2D eigenvalue weighted by Crippen LogP contribution is -2.65. The number of ether oxygens (including phenoxy) is 1. The lowest BCUT2D eigenvalue weighted by molar-refractivity contribution is -0.154. The third-order valence-electron chi connectivity index (χ3n) is 5.25. The molecular formula is C17H22N2O3. The number of carbonyl (C=O) groups excluding carboxylic acids is 2. The summed E-state index contributed by atoms with van der Waals surface area (Å²) in [5, 5.41) is 3.14. The number of amides is 1. The number of carbonyl (C=O) groups is 2. The molecule has 2 bridgehead atoms. The van der Waals surface area contributed by atoms with Gasteiger partial charge in [-0.05, 0) is 44.9 Å². The van der Waals surface area contributed by atoms with Gasteiger partial charge in [0.1, 0.15) is 5.66 Å². The number of methoxy groups -OCH3 is 1. The second kappa shape index (κ2) is 5.72. The van der Waals surface area contributed by atoms with E-state index in [1.54, 1.807) is 12.1 Å². The van der Waals surface area contributed by atoms with Gasteiger partial charge < -0.3 is 10.1 Å². The highest BCUT2D eigenvalue weighted by molar-refractivity contribution is 5.95. The van der Waals surface area contributed by atoms with Crippen LogP contribution in [0.2, 0.25) is 0 Å². The number of fused-ring (bicyclic) bond motifs is 2. The number of benzene rings is 1. The highest BCUT2D eigenvalue weighted by Crippen LogP contribution is 2.45. The van der Waals surface area contributed by atoms with Crippen molar-refractivity contribution >= 4 is 11.9 Å². The molecule has 118 valence electrons. The Morgan fingerprint density at radius 3 is 2.64 bits per heavy atom. The van der Waals surface area contributed by atoms with Crippen LogP contribution < -0.4 is 5.32 Å². The van der Waals surface area contributed by atoms with E-state index in [1.165, 1.54) is 7.11 Å². The molecule has 1 amide bonds. The van der Waals surface area contributed by atoms with Crippen LogP contribution in [0.25, 0.3) is 0 Å². The molecule has 1 aromatic carbocycles. The van der Waals surface area contributed by atoms with Crippen LogP contribution in [0, 0.1) is 5.92 Å². The Labute approximate surface area is 130 Å². The van der Waals surface area contributed by atoms with Gasteiger partial charge in [0.25, 0.3) is 5.91 Å². The van der Waals surface area contributed by atoms with Gasteiger partial charge in [-0.3, -0.25) is 14.5 Å². The zero-order valence-electron chi connectivity index (χ0n) is 13.0. The lowest BCUT2D eigenvalue weighted by Gasteiger charge is -2.47. The number of piperidine rings is 1. The van der Waals surface area contributed by atoms with Crippen molar-refractivity contribution in [1.82, 2.24) is 10.2 Å². The van der Waals surface area contributed by atoms with Crippen LogP contribution in [0.3, 0.4) is 0 Å². The molecule has 1 N–H and O–H groups in total. The Morgan fingerprint density at radius 2 is 1.95 bits per heavy atom. The topological polar surface area (TPSA) is 58.6 Å². The Hall–Kier alpha value is -1.88. The van der Waals surface area contributed by atoms with Crippen molar-refractivity contribution in [3.63, 3.8) is 0 Å². The third kappa shape index (κ3) is 2.29. The molecule has 2 aliphatic heterocycles. The number of rotatable bonds is 3. The number of esters is 1. The van der Waals surface area contributed by atoms with Crippen molar-refractivity contribution in [1.29, 1.82) is 0 Å². The molecule has 2 fully saturated rings. The highest BCUT2D eigenvalue weighted by atomic mass is 16.5. The number of hydrogen-bond acceptors (Lipinski definition) is 4. The van der Waals surface area contributed by atoms with Crippen LogP contribution in [0.1, 0.15) is 36.0 Å². The molecule has 2 aliphatic rings. The van der Waals surface area contributed by atoms with E-state index in [-0.39, 0.29) is 17.8 Å². The summed E-state index contributed by atoms with van der Waals surface area (Å²) in [5.41, 5.74) is -0.00828. The van der Waals surface area contributed by atoms with Crippen molar-refractivity contribution in [3.05, 3.63) is 35.9 Å². The summed E-state index contributed by atoms with van der Waals surface area (Å²) in [4.78, 5) is 27.0. The summed E-state index contributed by atoms with van der Waals surface area (Å²) in [6, 6.07) is 9.56. The fraction of sp³-hybridized carbons (Fsp3) is 0.529. The molecule has 3 unspecified atom stereocenters. The molecular weight excluding hydrogens is 280 g/mol. The molecule has 0 aromatic heterocycles. The Bertz CT molecular complexity index is 575. The van der Waals surface area contributed by atoms with Crippen molar-refractivity contribution in [2.24, 2.45) is 5.92 Å². The molecule has 0 aliphatic carbocycles. The molecule has 0 spiro atoms. The minimum Gasteiger partial charge on any atom is -0.469 e. The average molecular weight is 302 g/mol. The van der Waals surface area contributed by atoms with Gasteiger partial charge >= 0.3 is 5.97 Å². The van der Waals surface area contributed by atoms with Crippen LogP contribution in [0.5, 0.6) is 0 Å². The lowest BCUT2D eigenvalue weighted by atomic mass is 9.84. The molecule has 3 rings (SSSR count). The van der Waals surface area contributed by atoms with Gasteiger partial charge in [0.2, 0.25) is 0 Å². The molecule has 2 saturated heterocycles. The van der Waals surface area contributed by atoms with Gasteiger partial charge in [0.15, 0.2) is 0 Å². The third-order valence-corrected chi connectivity index (χ3v) is 5.25. The number of hydrogen-bond donors (Lipinski definition) is 1. The van der Waals surface area contributed by atoms with Crippen molar-refractivity contribution in [3.8, 4) is 0 Å². The summed E-state index contributed by atoms with van der Waals surface area (Å²) in [5.74, 6) is -0.682. The SMILES string of the molecule is COC(=O)C1CCC2CCC1(NC(=O)c1ccccc1)N2C. The van der Waals surface area contributed by atoms with Crippen molar-refractivity contribution in [2.75, 3.05) is 14.2 Å². The van der Waals surface area contributed by atoms with Crippen LogP contribution in [0.15, 0.2) is 30.3 Å². The minimum atomic E-state index is -0.622. The van der Waals surface area contributed by atoms with E-state index < -0.39 is 5.66 Å². The van der Waals surface area contributed by atoms with Crippen LogP contribution in [-0.2, 0) is 9.53 Å². The first-order valence-electron chi connectivity index (χ1n) is 7.77. The molecule has 22 heavy (non-hydrogen) atoms. The van der Waals surface area contributed by atoms with E-state index in [1.807, 2.05) is 25.2 Å². The Balaban J connectivity index is 1.89. The second-order valence-corrected chi connectivity index (χ2v) is 6.20. The molecule has 5 nitrogen and oxygen atoms in total. The highest BCUT2D eigenvalue weighted by Gasteiger charge is 2.56. The van der Waals surface area contributed by atoms with E-state index >= 15 is 0 Å². The van der Waals surface area contributed by atoms with Crippen LogP contribution in [0.4, 0.5) is 0 Å². The summed E-state index contributed by atoms with van der Waals surface area (Å²) in [7, 11) is 3.41. The van der Waals surface area contributed by atoms with Crippen molar-refractivity contribution < 1.29 is 14.3 Å². The smallest absolute Gasteiger partial charge is 0.312 e. The summed E-state index contributed by atoms with van der Waals surface area (Å²) in [6.07, 6.45) is 3.52. The summed E-state index contributed by atoms with van der Waals surface area (Å²) >= 11 is 0. The Morgan fingerprint density at radius 1 is 1.23 bits per heavy atom. The summed E-state index contributed by atoms with van der Waals surface area (Å²) in [6.45, 7) is 0. The fourth-order valence-electron chi connectivity index (χ4n) is 3.99. The second-order valence-electron chi connectivity index (χ2n) is 6.20. The van der Waals surface area contributed by atoms with Gasteiger partial charge in [0, 0.05) is 11.6 Å². The standard InChI is InChI=1S/C17H22N2O3/c1-19-13-8-9-14(16(21)22-2)17(19,11-10-13)18-15(20)12-6-4-3-5-7-12/h3-7,13-14H,8-11H2,1-2H3,(H,18,20). The fourth-order valence-corrected chi connectivity index (χ4v) is 3.99. The predicted octanol–water partition coefficient (Wildman–Crippen LogP) is 1.79. The maximum Gasteiger partial charge on any atom is 0.312 e. The zero-order valence-corrected chi connectivity index (χ0v) is 13.0. The van der Waals surface area contributed by atoms with E-state index in [0.717, 1.165) is 25.7 Å². The Kier molecular flexibility index (Phi) is 3.91. The number of nitrogens with zero attached hydrogens (tertiary/aromatic N) is 1. The van der Waals surface area contributed by atoms with E-state index in [2.05, 4.69) is 10.2 Å². The predicted molar refractivity (Wildman–Crippen MR) is 82.2 cm³/mol. The van der Waals surface area contributed by atoms with Crippen LogP contribution in [-0.4, -0.2) is 42.6 Å². The largest absolute Gasteiger partial charge is 0.469 e. The van der Waals surface area contributed by atoms with Crippen molar-refractivity contribution in [2.45, 2.75) is 37.4 Å². The summed E-state index contributed by atoms with van der Waals surface area (Å²) < 4.78 is 4.98. The molecule has 1 aromatic rings. The first-order chi connectivity index (χ1) is 10.6. The molecule has 3 atom stereocenters. The van der Waals surface area contributed by atoms with E-state index in [0.29, 0.717) is 11.6 Å². The quantitative estimate of drug-likeness (QED) is 0.865. The molecule has 5 heteroatoms. The van der Waals surface area contributed by atoms with Gasteiger partial charge in [-0.15, -0.1) is 0 Å². The zero-order chi connectivity index (χ0) is 15.7. The first-order valence-corrected chi connectivity index (χ1v) is 7.77. The van der Waals surface area contributed by atoms with Gasteiger partial charge in [-0.1, -0.05) is 18.2 Å². The number of nitrogens with one attached hydrogen (secondary N) is 1. The van der Waals surface area contributed by atoms with Gasteiger partial charge in [-0.25, -0.2) is 0 Å². The van der Waals surface area contributed by atoms with Gasteiger partial charge in [-0.2, -0.15) is 0 Å². The first kappa shape index (κ1) is 15.0. The molecule has 0 radical (unpaired) electrons.